The zero-order chi connectivity index (χ0) is 19.2. The fourth-order valence-electron chi connectivity index (χ4n) is 2.20. The van der Waals surface area contributed by atoms with Crippen LogP contribution in [0.25, 0.3) is 0 Å². The SMILES string of the molecule is COC1(C(NC(=O)c2ccc(S(F)(F)(F)(F)F)cc2)C(=O)O)CSC1. The highest BCUT2D eigenvalue weighted by molar-refractivity contribution is 8.45. The predicted molar refractivity (Wildman–Crippen MR) is 83.8 cm³/mol. The summed E-state index contributed by atoms with van der Waals surface area (Å²) in [5, 5.41) is 11.4. The van der Waals surface area contributed by atoms with Gasteiger partial charge >= 0.3 is 16.2 Å². The summed E-state index contributed by atoms with van der Waals surface area (Å²) in [7, 11) is -8.55. The van der Waals surface area contributed by atoms with E-state index in [1.54, 1.807) is 0 Å². The van der Waals surface area contributed by atoms with Gasteiger partial charge in [-0.25, -0.2) is 4.79 Å². The van der Waals surface area contributed by atoms with Crippen LogP contribution in [-0.4, -0.2) is 47.2 Å². The molecule has 25 heavy (non-hydrogen) atoms. The molecule has 1 amide bonds. The van der Waals surface area contributed by atoms with Gasteiger partial charge in [-0.1, -0.05) is 19.4 Å². The molecule has 1 fully saturated rings. The second kappa shape index (κ2) is 5.48. The van der Waals surface area contributed by atoms with Crippen LogP contribution in [0.2, 0.25) is 0 Å². The number of carboxylic acid groups (broad SMARTS) is 1. The molecule has 0 spiro atoms. The van der Waals surface area contributed by atoms with Gasteiger partial charge in [0.15, 0.2) is 6.04 Å². The van der Waals surface area contributed by atoms with Gasteiger partial charge in [0.2, 0.25) is 0 Å². The second-order valence-electron chi connectivity index (χ2n) is 5.50. The van der Waals surface area contributed by atoms with Gasteiger partial charge in [-0.3, -0.25) is 4.79 Å². The Morgan fingerprint density at radius 1 is 1.20 bits per heavy atom. The Morgan fingerprint density at radius 2 is 1.72 bits per heavy atom. The Balaban J connectivity index is 2.22. The summed E-state index contributed by atoms with van der Waals surface area (Å²) in [6.07, 6.45) is 0. The lowest BCUT2D eigenvalue weighted by molar-refractivity contribution is -0.146. The highest BCUT2D eigenvalue weighted by Crippen LogP contribution is 3.02. The van der Waals surface area contributed by atoms with E-state index in [2.05, 4.69) is 5.32 Å². The third-order valence-corrected chi connectivity index (χ3v) is 6.26. The molecule has 0 radical (unpaired) electrons. The number of thioether (sulfide) groups is 1. The maximum Gasteiger partial charge on any atom is 0.329 e. The molecule has 1 aliphatic heterocycles. The Hall–Kier alpha value is -1.53. The molecule has 1 aliphatic rings. The van der Waals surface area contributed by atoms with E-state index in [1.165, 1.54) is 18.9 Å². The molecule has 1 heterocycles. The predicted octanol–water partition coefficient (Wildman–Crippen LogP) is 3.66. The summed E-state index contributed by atoms with van der Waals surface area (Å²) in [5.74, 6) is -1.76. The highest BCUT2D eigenvalue weighted by atomic mass is 32.5. The van der Waals surface area contributed by atoms with E-state index in [4.69, 9.17) is 4.74 Å². The summed E-state index contributed by atoms with van der Waals surface area (Å²) >= 11 is 1.40. The molecule has 12 heteroatoms. The van der Waals surface area contributed by atoms with E-state index in [-0.39, 0.29) is 17.7 Å². The Morgan fingerprint density at radius 3 is 2.04 bits per heavy atom. The molecule has 0 aliphatic carbocycles. The first-order valence-electron chi connectivity index (χ1n) is 6.69. The third-order valence-electron chi connectivity index (χ3n) is 3.71. The van der Waals surface area contributed by atoms with Crippen molar-refractivity contribution in [3.63, 3.8) is 0 Å². The molecule has 0 saturated carbocycles. The lowest BCUT2D eigenvalue weighted by Crippen LogP contribution is -2.64. The highest BCUT2D eigenvalue weighted by Gasteiger charge is 2.65. The Kier molecular flexibility index (Phi) is 4.34. The number of hydrogen-bond acceptors (Lipinski definition) is 4. The molecule has 2 rings (SSSR count). The molecule has 5 nitrogen and oxygen atoms in total. The number of carbonyl (C=O) groups excluding carboxylic acids is 1. The minimum atomic E-state index is -9.83. The number of carboxylic acids is 1. The maximum absolute atomic E-state index is 12.7. The first kappa shape index (κ1) is 19.8. The summed E-state index contributed by atoms with van der Waals surface area (Å²) in [6, 6.07) is -0.108. The van der Waals surface area contributed by atoms with E-state index in [0.717, 1.165) is 0 Å². The van der Waals surface area contributed by atoms with E-state index in [9.17, 15) is 34.1 Å². The first-order chi connectivity index (χ1) is 11.2. The van der Waals surface area contributed by atoms with Crippen molar-refractivity contribution in [3.8, 4) is 0 Å². The lowest BCUT2D eigenvalue weighted by atomic mass is 9.96. The normalized spacial score (nSPS) is 20.6. The monoisotopic (exact) mass is 407 g/mol. The van der Waals surface area contributed by atoms with Crippen molar-refractivity contribution in [2.45, 2.75) is 16.5 Å². The van der Waals surface area contributed by atoms with E-state index < -0.39 is 38.6 Å². The van der Waals surface area contributed by atoms with Gasteiger partial charge in [0, 0.05) is 24.2 Å². The van der Waals surface area contributed by atoms with Crippen LogP contribution in [0.3, 0.4) is 0 Å². The van der Waals surface area contributed by atoms with Crippen LogP contribution in [0.15, 0.2) is 29.2 Å². The third kappa shape index (κ3) is 4.18. The fourth-order valence-corrected chi connectivity index (χ4v) is 4.03. The molecule has 1 atom stereocenters. The molecular formula is C13H14F5NO4S2. The number of carbonyl (C=O) groups is 2. The quantitative estimate of drug-likeness (QED) is 0.704. The lowest BCUT2D eigenvalue weighted by Gasteiger charge is -2.43. The number of halogens is 5. The molecule has 1 aromatic rings. The topological polar surface area (TPSA) is 75.6 Å². The fraction of sp³-hybridized carbons (Fsp3) is 0.385. The zero-order valence-electron chi connectivity index (χ0n) is 12.7. The van der Waals surface area contributed by atoms with Gasteiger partial charge in [-0.05, 0) is 24.3 Å². The Bertz CT molecular complexity index is 698. The molecule has 142 valence electrons. The van der Waals surface area contributed by atoms with E-state index in [0.29, 0.717) is 23.6 Å². The molecule has 2 N–H and O–H groups in total. The average molecular weight is 407 g/mol. The van der Waals surface area contributed by atoms with Crippen LogP contribution in [0.4, 0.5) is 19.4 Å². The molecule has 1 saturated heterocycles. The van der Waals surface area contributed by atoms with Crippen molar-refractivity contribution < 1.29 is 38.9 Å². The van der Waals surface area contributed by atoms with Crippen molar-refractivity contribution in [3.05, 3.63) is 29.8 Å². The molecular weight excluding hydrogens is 393 g/mol. The average Bonchev–Trinajstić information content (AvgIpc) is 2.43. The van der Waals surface area contributed by atoms with Gasteiger partial charge in [0.05, 0.1) is 0 Å². The van der Waals surface area contributed by atoms with E-state index >= 15 is 0 Å². The van der Waals surface area contributed by atoms with E-state index in [1.807, 2.05) is 0 Å². The van der Waals surface area contributed by atoms with Crippen LogP contribution in [0, 0.1) is 0 Å². The standard InChI is InChI=1S/C13H14F5NO4S2/c1-23-13(6-24-7-13)10(12(21)22)19-11(20)8-2-4-9(5-3-8)25(14,15,16,17)18/h2-5,10H,6-7H2,1H3,(H,19,20)(H,21,22). The van der Waals surface area contributed by atoms with Gasteiger partial charge in [-0.15, -0.1) is 0 Å². The summed E-state index contributed by atoms with van der Waals surface area (Å²) in [4.78, 5) is 21.3. The number of ether oxygens (including phenoxy) is 1. The summed E-state index contributed by atoms with van der Waals surface area (Å²) in [5.41, 5.74) is -1.51. The van der Waals surface area contributed by atoms with Crippen molar-refractivity contribution in [2.24, 2.45) is 0 Å². The first-order valence-corrected chi connectivity index (χ1v) is 9.80. The van der Waals surface area contributed by atoms with Crippen LogP contribution in [0.1, 0.15) is 10.4 Å². The molecule has 1 unspecified atom stereocenters. The van der Waals surface area contributed by atoms with Crippen LogP contribution < -0.4 is 5.32 Å². The summed E-state index contributed by atoms with van der Waals surface area (Å²) in [6.45, 7) is 0. The summed E-state index contributed by atoms with van der Waals surface area (Å²) < 4.78 is 68.4. The largest absolute Gasteiger partial charge is 0.480 e. The van der Waals surface area contributed by atoms with Gasteiger partial charge in [-0.2, -0.15) is 11.8 Å². The van der Waals surface area contributed by atoms with Gasteiger partial charge in [0.1, 0.15) is 10.5 Å². The van der Waals surface area contributed by atoms with Crippen molar-refractivity contribution in [1.29, 1.82) is 0 Å². The number of hydrogen-bond donors (Lipinski definition) is 2. The number of amides is 1. The number of methoxy groups -OCH3 is 1. The number of aliphatic carboxylic acids is 1. The van der Waals surface area contributed by atoms with Crippen molar-refractivity contribution in [2.75, 3.05) is 18.6 Å². The van der Waals surface area contributed by atoms with Crippen molar-refractivity contribution >= 4 is 33.9 Å². The smallest absolute Gasteiger partial charge is 0.329 e. The van der Waals surface area contributed by atoms with Crippen molar-refractivity contribution in [1.82, 2.24) is 5.32 Å². The molecule has 1 aromatic carbocycles. The van der Waals surface area contributed by atoms with Crippen LogP contribution in [0.5, 0.6) is 0 Å². The van der Waals surface area contributed by atoms with Gasteiger partial charge < -0.3 is 15.2 Å². The van der Waals surface area contributed by atoms with Crippen LogP contribution in [-0.2, 0) is 9.53 Å². The number of nitrogens with one attached hydrogen (secondary N) is 1. The minimum Gasteiger partial charge on any atom is -0.480 e. The zero-order valence-corrected chi connectivity index (χ0v) is 14.3. The maximum atomic E-state index is 12.7. The van der Waals surface area contributed by atoms with Gasteiger partial charge in [0.25, 0.3) is 5.91 Å². The second-order valence-corrected chi connectivity index (χ2v) is 8.89. The molecule has 0 bridgehead atoms. The Labute approximate surface area is 143 Å². The molecule has 0 aromatic heterocycles. The van der Waals surface area contributed by atoms with Crippen LogP contribution >= 0.6 is 22.0 Å². The number of benzene rings is 1. The minimum absolute atomic E-state index is 0.0948. The number of rotatable bonds is 6.